The molecule has 0 spiro atoms. The van der Waals surface area contributed by atoms with Crippen LogP contribution in [0.15, 0.2) is 41.1 Å². The molecule has 1 nitrogen and oxygen atoms in total. The van der Waals surface area contributed by atoms with E-state index in [2.05, 4.69) is 48.0 Å². The average Bonchev–Trinajstić information content (AvgIpc) is 2.84. The van der Waals surface area contributed by atoms with E-state index in [1.807, 2.05) is 0 Å². The van der Waals surface area contributed by atoms with Crippen molar-refractivity contribution in [3.05, 3.63) is 57.8 Å². The summed E-state index contributed by atoms with van der Waals surface area (Å²) in [5.74, 6) is 0.548. The van der Waals surface area contributed by atoms with Crippen LogP contribution >= 0.6 is 11.3 Å². The first-order chi connectivity index (χ1) is 8.28. The van der Waals surface area contributed by atoms with Crippen LogP contribution in [-0.4, -0.2) is 6.54 Å². The summed E-state index contributed by atoms with van der Waals surface area (Å²) in [6.07, 6.45) is 2.17. The molecule has 1 atom stereocenters. The zero-order chi connectivity index (χ0) is 12.1. The predicted molar refractivity (Wildman–Crippen MR) is 75.5 cm³/mol. The normalized spacial score (nSPS) is 12.6. The molecule has 1 unspecified atom stereocenters. The molecule has 0 aliphatic carbocycles. The molecule has 2 N–H and O–H groups in total. The van der Waals surface area contributed by atoms with Crippen LogP contribution in [0.2, 0.25) is 0 Å². The van der Waals surface area contributed by atoms with Crippen LogP contribution in [0.4, 0.5) is 0 Å². The Morgan fingerprint density at radius 1 is 1.06 bits per heavy atom. The van der Waals surface area contributed by atoms with Crippen molar-refractivity contribution in [2.45, 2.75) is 19.8 Å². The molecule has 2 heteroatoms. The highest BCUT2D eigenvalue weighted by molar-refractivity contribution is 7.07. The van der Waals surface area contributed by atoms with Crippen molar-refractivity contribution in [1.29, 1.82) is 0 Å². The number of hydrogen-bond acceptors (Lipinski definition) is 2. The Hall–Kier alpha value is -1.12. The van der Waals surface area contributed by atoms with Gasteiger partial charge in [0.25, 0.3) is 0 Å². The molecule has 0 aliphatic rings. The van der Waals surface area contributed by atoms with Crippen molar-refractivity contribution in [2.75, 3.05) is 6.54 Å². The maximum Gasteiger partial charge on any atom is -0.00425 e. The van der Waals surface area contributed by atoms with Gasteiger partial charge in [-0.05, 0) is 60.2 Å². The van der Waals surface area contributed by atoms with Crippen molar-refractivity contribution >= 4 is 11.3 Å². The number of aryl methyl sites for hydroxylation is 1. The highest BCUT2D eigenvalue weighted by Crippen LogP contribution is 2.16. The molecule has 0 saturated carbocycles. The fourth-order valence-electron chi connectivity index (χ4n) is 2.04. The topological polar surface area (TPSA) is 26.0 Å². The Morgan fingerprint density at radius 3 is 2.35 bits per heavy atom. The lowest BCUT2D eigenvalue weighted by Crippen LogP contribution is -2.19. The molecule has 0 bridgehead atoms. The first-order valence-corrected chi connectivity index (χ1v) is 6.99. The highest BCUT2D eigenvalue weighted by atomic mass is 32.1. The van der Waals surface area contributed by atoms with E-state index >= 15 is 0 Å². The van der Waals surface area contributed by atoms with E-state index in [1.165, 1.54) is 16.7 Å². The van der Waals surface area contributed by atoms with Gasteiger partial charge in [-0.15, -0.1) is 0 Å². The molecule has 0 saturated heterocycles. The summed E-state index contributed by atoms with van der Waals surface area (Å²) in [6.45, 7) is 2.87. The van der Waals surface area contributed by atoms with Gasteiger partial charge in [-0.2, -0.15) is 11.3 Å². The largest absolute Gasteiger partial charge is 0.330 e. The van der Waals surface area contributed by atoms with E-state index in [0.717, 1.165) is 19.4 Å². The minimum Gasteiger partial charge on any atom is -0.330 e. The predicted octanol–water partition coefficient (Wildman–Crippen LogP) is 3.42. The van der Waals surface area contributed by atoms with Gasteiger partial charge in [-0.1, -0.05) is 29.8 Å². The van der Waals surface area contributed by atoms with E-state index in [1.54, 1.807) is 11.3 Å². The first-order valence-electron chi connectivity index (χ1n) is 6.04. The third kappa shape index (κ3) is 3.69. The van der Waals surface area contributed by atoms with Gasteiger partial charge in [0.2, 0.25) is 0 Å². The number of benzene rings is 1. The lowest BCUT2D eigenvalue weighted by Gasteiger charge is -2.14. The van der Waals surface area contributed by atoms with Gasteiger partial charge in [0.05, 0.1) is 0 Å². The van der Waals surface area contributed by atoms with Gasteiger partial charge in [0.1, 0.15) is 0 Å². The lowest BCUT2D eigenvalue weighted by molar-refractivity contribution is 0.534. The van der Waals surface area contributed by atoms with Gasteiger partial charge in [-0.25, -0.2) is 0 Å². The number of nitrogens with two attached hydrogens (primary N) is 1. The third-order valence-corrected chi connectivity index (χ3v) is 3.81. The zero-order valence-corrected chi connectivity index (χ0v) is 11.0. The smallest absolute Gasteiger partial charge is 0.00425 e. The van der Waals surface area contributed by atoms with Gasteiger partial charge < -0.3 is 5.73 Å². The maximum absolute atomic E-state index is 5.87. The quantitative estimate of drug-likeness (QED) is 0.858. The number of hydrogen-bond donors (Lipinski definition) is 1. The Morgan fingerprint density at radius 2 is 1.76 bits per heavy atom. The van der Waals surface area contributed by atoms with E-state index in [4.69, 9.17) is 5.73 Å². The van der Waals surface area contributed by atoms with E-state index in [0.29, 0.717) is 5.92 Å². The molecule has 1 heterocycles. The third-order valence-electron chi connectivity index (χ3n) is 3.08. The van der Waals surface area contributed by atoms with Crippen molar-refractivity contribution in [3.8, 4) is 0 Å². The second kappa shape index (κ2) is 5.99. The summed E-state index contributed by atoms with van der Waals surface area (Å²) in [4.78, 5) is 0. The van der Waals surface area contributed by atoms with E-state index < -0.39 is 0 Å². The molecular formula is C15H19NS. The van der Waals surface area contributed by atoms with Crippen LogP contribution in [0.25, 0.3) is 0 Å². The molecule has 2 aromatic rings. The highest BCUT2D eigenvalue weighted by Gasteiger charge is 2.09. The van der Waals surface area contributed by atoms with Gasteiger partial charge in [-0.3, -0.25) is 0 Å². The van der Waals surface area contributed by atoms with Gasteiger partial charge in [0.15, 0.2) is 0 Å². The minimum atomic E-state index is 0.548. The molecule has 0 fully saturated rings. The molecule has 90 valence electrons. The second-order valence-corrected chi connectivity index (χ2v) is 5.41. The Labute approximate surface area is 107 Å². The van der Waals surface area contributed by atoms with E-state index in [-0.39, 0.29) is 0 Å². The molecule has 2 rings (SSSR count). The molecular weight excluding hydrogens is 226 g/mol. The van der Waals surface area contributed by atoms with Crippen LogP contribution in [-0.2, 0) is 12.8 Å². The van der Waals surface area contributed by atoms with Crippen LogP contribution in [0.3, 0.4) is 0 Å². The van der Waals surface area contributed by atoms with Crippen molar-refractivity contribution in [1.82, 2.24) is 0 Å². The Kier molecular flexibility index (Phi) is 4.35. The van der Waals surface area contributed by atoms with Crippen LogP contribution in [0.5, 0.6) is 0 Å². The summed E-state index contributed by atoms with van der Waals surface area (Å²) >= 11 is 1.76. The fourth-order valence-corrected chi connectivity index (χ4v) is 2.72. The summed E-state index contributed by atoms with van der Waals surface area (Å²) in [5.41, 5.74) is 9.99. The van der Waals surface area contributed by atoms with Crippen LogP contribution in [0, 0.1) is 12.8 Å². The van der Waals surface area contributed by atoms with Crippen LogP contribution < -0.4 is 5.73 Å². The minimum absolute atomic E-state index is 0.548. The average molecular weight is 245 g/mol. The SMILES string of the molecule is Cc1ccc(CC(CN)Cc2ccsc2)cc1. The molecule has 0 amide bonds. The summed E-state index contributed by atoms with van der Waals surface area (Å²) in [6, 6.07) is 11.0. The number of rotatable bonds is 5. The van der Waals surface area contributed by atoms with Crippen molar-refractivity contribution in [2.24, 2.45) is 11.7 Å². The molecule has 0 aliphatic heterocycles. The molecule has 0 radical (unpaired) electrons. The van der Waals surface area contributed by atoms with Gasteiger partial charge in [0, 0.05) is 0 Å². The first kappa shape index (κ1) is 12.3. The fraction of sp³-hybridized carbons (Fsp3) is 0.333. The Bertz CT molecular complexity index is 430. The summed E-state index contributed by atoms with van der Waals surface area (Å²) in [7, 11) is 0. The molecule has 17 heavy (non-hydrogen) atoms. The van der Waals surface area contributed by atoms with Gasteiger partial charge >= 0.3 is 0 Å². The monoisotopic (exact) mass is 245 g/mol. The van der Waals surface area contributed by atoms with Crippen molar-refractivity contribution < 1.29 is 0 Å². The second-order valence-electron chi connectivity index (χ2n) is 4.63. The maximum atomic E-state index is 5.87. The molecule has 1 aromatic carbocycles. The van der Waals surface area contributed by atoms with Crippen LogP contribution in [0.1, 0.15) is 16.7 Å². The standard InChI is InChI=1S/C15H19NS/c1-12-2-4-13(5-3-12)8-15(10-16)9-14-6-7-17-11-14/h2-7,11,15H,8-10,16H2,1H3. The summed E-state index contributed by atoms with van der Waals surface area (Å²) in [5, 5.41) is 4.35. The lowest BCUT2D eigenvalue weighted by atomic mass is 9.93. The zero-order valence-electron chi connectivity index (χ0n) is 10.2. The number of thiophene rings is 1. The van der Waals surface area contributed by atoms with Crippen molar-refractivity contribution in [3.63, 3.8) is 0 Å². The van der Waals surface area contributed by atoms with E-state index in [9.17, 15) is 0 Å². The summed E-state index contributed by atoms with van der Waals surface area (Å²) < 4.78 is 0. The molecule has 1 aromatic heterocycles. The Balaban J connectivity index is 1.97.